The predicted octanol–water partition coefficient (Wildman–Crippen LogP) is 1.66. The molecule has 0 amide bonds. The Hall–Kier alpha value is -1.58. The van der Waals surface area contributed by atoms with Gasteiger partial charge in [-0.2, -0.15) is 0 Å². The maximum absolute atomic E-state index is 13.0. The minimum absolute atomic E-state index is 0.0438. The molecule has 1 aromatic rings. The Balaban J connectivity index is 3.26. The summed E-state index contributed by atoms with van der Waals surface area (Å²) < 4.78 is 22.7. The number of hydrogen-bond donors (Lipinski definition) is 0. The van der Waals surface area contributed by atoms with Crippen molar-refractivity contribution in [3.8, 4) is 11.5 Å². The minimum Gasteiger partial charge on any atom is -0.493 e. The second-order valence-electron chi connectivity index (χ2n) is 2.35. The van der Waals surface area contributed by atoms with Gasteiger partial charge in [0.2, 0.25) is 0 Å². The molecule has 1 rings (SSSR count). The number of hydrogen-bond acceptors (Lipinski definition) is 3. The van der Waals surface area contributed by atoms with Crippen molar-refractivity contribution in [1.29, 1.82) is 0 Å². The molecule has 4 heteroatoms. The van der Waals surface area contributed by atoms with Gasteiger partial charge in [-0.05, 0) is 6.07 Å². The molecule has 3 nitrogen and oxygen atoms in total. The Morgan fingerprint density at radius 2 is 1.77 bits per heavy atom. The van der Waals surface area contributed by atoms with Crippen LogP contribution < -0.4 is 9.47 Å². The van der Waals surface area contributed by atoms with E-state index in [0.29, 0.717) is 12.0 Å². The first-order chi connectivity index (χ1) is 6.22. The van der Waals surface area contributed by atoms with Crippen molar-refractivity contribution in [2.45, 2.75) is 0 Å². The Morgan fingerprint density at radius 3 is 2.23 bits per heavy atom. The van der Waals surface area contributed by atoms with Gasteiger partial charge in [-0.1, -0.05) is 0 Å². The topological polar surface area (TPSA) is 35.5 Å². The Morgan fingerprint density at radius 1 is 1.23 bits per heavy atom. The monoisotopic (exact) mass is 183 g/mol. The first kappa shape index (κ1) is 9.51. The van der Waals surface area contributed by atoms with Crippen molar-refractivity contribution >= 4 is 6.29 Å². The van der Waals surface area contributed by atoms with Gasteiger partial charge in [0.25, 0.3) is 0 Å². The van der Waals surface area contributed by atoms with E-state index in [0.717, 1.165) is 6.07 Å². The average Bonchev–Trinajstić information content (AvgIpc) is 2.17. The molecule has 13 heavy (non-hydrogen) atoms. The van der Waals surface area contributed by atoms with Gasteiger partial charge in [-0.25, -0.2) is 4.39 Å². The molecule has 0 saturated carbocycles. The first-order valence-corrected chi connectivity index (χ1v) is 3.59. The lowest BCUT2D eigenvalue weighted by molar-refractivity contribution is 0.111. The maximum atomic E-state index is 13.0. The number of rotatable bonds is 3. The highest BCUT2D eigenvalue weighted by Crippen LogP contribution is 2.28. The second-order valence-corrected chi connectivity index (χ2v) is 2.35. The third-order valence-electron chi connectivity index (χ3n) is 1.63. The van der Waals surface area contributed by atoms with Crippen LogP contribution in [0.25, 0.3) is 0 Å². The number of benzene rings is 1. The molecule has 0 bridgehead atoms. The summed E-state index contributed by atoms with van der Waals surface area (Å²) in [5.74, 6) is -0.00995. The van der Waals surface area contributed by atoms with Crippen molar-refractivity contribution in [3.63, 3.8) is 0 Å². The van der Waals surface area contributed by atoms with Crippen molar-refractivity contribution in [1.82, 2.24) is 0 Å². The molecule has 0 aliphatic carbocycles. The van der Waals surface area contributed by atoms with Crippen molar-refractivity contribution in [2.24, 2.45) is 0 Å². The van der Waals surface area contributed by atoms with Crippen LogP contribution in [0.1, 0.15) is 10.4 Å². The lowest BCUT2D eigenvalue weighted by atomic mass is 10.2. The number of halogens is 1. The largest absolute Gasteiger partial charge is 0.493 e. The number of carbonyl (C=O) groups is 1. The van der Waals surface area contributed by atoms with Gasteiger partial charge in [-0.15, -0.1) is 0 Å². The third-order valence-corrected chi connectivity index (χ3v) is 1.63. The second kappa shape index (κ2) is 3.89. The molecule has 0 atom stereocenters. The van der Waals surface area contributed by atoms with E-state index in [2.05, 4.69) is 0 Å². The van der Waals surface area contributed by atoms with Crippen LogP contribution in [0.15, 0.2) is 12.1 Å². The van der Waals surface area contributed by atoms with E-state index in [-0.39, 0.29) is 11.3 Å². The van der Waals surface area contributed by atoms with Crippen LogP contribution in [0.2, 0.25) is 0 Å². The van der Waals surface area contributed by atoms with Crippen LogP contribution in [0.3, 0.4) is 0 Å². The summed E-state index contributed by atoms with van der Waals surface area (Å²) in [5, 5.41) is 0. The van der Waals surface area contributed by atoms with Crippen LogP contribution in [0.4, 0.5) is 4.39 Å². The normalized spacial score (nSPS) is 9.46. The van der Waals surface area contributed by atoms with Crippen molar-refractivity contribution in [2.75, 3.05) is 14.2 Å². The number of methoxy groups -OCH3 is 2. The van der Waals surface area contributed by atoms with Gasteiger partial charge >= 0.3 is 0 Å². The lowest BCUT2D eigenvalue weighted by Gasteiger charge is -2.07. The van der Waals surface area contributed by atoms with E-state index in [4.69, 9.17) is 9.47 Å². The number of ether oxygens (including phenoxy) is 2. The SMILES string of the molecule is COc1cc([18F])c(C=O)cc1OC. The fourth-order valence-corrected chi connectivity index (χ4v) is 0.960. The van der Waals surface area contributed by atoms with Crippen LogP contribution in [0, 0.1) is 5.82 Å². The van der Waals surface area contributed by atoms with Gasteiger partial charge in [0.05, 0.1) is 19.8 Å². The standard InChI is InChI=1S/C9H9FO3/c1-12-8-3-6(5-11)7(10)4-9(8)13-2/h3-5H,1-2H3/i10-1. The Labute approximate surface area is 75.1 Å². The molecule has 0 saturated heterocycles. The zero-order valence-corrected chi connectivity index (χ0v) is 7.33. The zero-order valence-electron chi connectivity index (χ0n) is 7.33. The average molecular weight is 183 g/mol. The molecule has 1 aromatic carbocycles. The molecule has 0 aromatic heterocycles. The first-order valence-electron chi connectivity index (χ1n) is 3.59. The maximum Gasteiger partial charge on any atom is 0.163 e. The molecule has 70 valence electrons. The van der Waals surface area contributed by atoms with E-state index < -0.39 is 5.82 Å². The van der Waals surface area contributed by atoms with Gasteiger partial charge in [0.15, 0.2) is 17.8 Å². The highest BCUT2D eigenvalue weighted by Gasteiger charge is 2.09. The van der Waals surface area contributed by atoms with Crippen LogP contribution in [0.5, 0.6) is 11.5 Å². The molecule has 0 radical (unpaired) electrons. The molecular weight excluding hydrogens is 174 g/mol. The molecule has 0 aliphatic rings. The summed E-state index contributed by atoms with van der Waals surface area (Å²) in [6.45, 7) is 0. The van der Waals surface area contributed by atoms with Gasteiger partial charge in [-0.3, -0.25) is 4.79 Å². The molecule has 0 spiro atoms. The summed E-state index contributed by atoms with van der Waals surface area (Å²) in [4.78, 5) is 10.4. The predicted molar refractivity (Wildman–Crippen MR) is 44.9 cm³/mol. The van der Waals surface area contributed by atoms with E-state index in [1.165, 1.54) is 20.3 Å². The summed E-state index contributed by atoms with van der Waals surface area (Å²) >= 11 is 0. The quantitative estimate of drug-likeness (QED) is 0.668. The highest BCUT2D eigenvalue weighted by atomic mass is 18.2. The molecule has 0 N–H and O–H groups in total. The lowest BCUT2D eigenvalue weighted by Crippen LogP contribution is -1.95. The summed E-state index contributed by atoms with van der Waals surface area (Å²) in [6, 6.07) is 2.41. The van der Waals surface area contributed by atoms with E-state index >= 15 is 0 Å². The molecule has 0 fully saturated rings. The van der Waals surface area contributed by atoms with Gasteiger partial charge in [0.1, 0.15) is 5.82 Å². The van der Waals surface area contributed by atoms with Crippen molar-refractivity contribution < 1.29 is 18.7 Å². The molecule has 0 aliphatic heterocycles. The van der Waals surface area contributed by atoms with Crippen LogP contribution >= 0.6 is 0 Å². The molecule has 0 unspecified atom stereocenters. The van der Waals surface area contributed by atoms with Gasteiger partial charge < -0.3 is 9.47 Å². The molecular formula is C9H9FO3. The fourth-order valence-electron chi connectivity index (χ4n) is 0.960. The number of carbonyl (C=O) groups excluding carboxylic acids is 1. The smallest absolute Gasteiger partial charge is 0.163 e. The summed E-state index contributed by atoms with van der Waals surface area (Å²) in [7, 11) is 2.82. The number of aldehydes is 1. The summed E-state index contributed by atoms with van der Waals surface area (Å²) in [6.07, 6.45) is 0.428. The zero-order chi connectivity index (χ0) is 9.84. The van der Waals surface area contributed by atoms with E-state index in [1.54, 1.807) is 0 Å². The Bertz CT molecular complexity index is 323. The van der Waals surface area contributed by atoms with E-state index in [9.17, 15) is 9.18 Å². The Kier molecular flexibility index (Phi) is 2.84. The molecule has 0 heterocycles. The third kappa shape index (κ3) is 1.77. The fraction of sp³-hybridized carbons (Fsp3) is 0.222. The van der Waals surface area contributed by atoms with Crippen LogP contribution in [-0.2, 0) is 0 Å². The van der Waals surface area contributed by atoms with E-state index in [1.807, 2.05) is 0 Å². The van der Waals surface area contributed by atoms with Gasteiger partial charge in [0, 0.05) is 6.07 Å². The van der Waals surface area contributed by atoms with Crippen molar-refractivity contribution in [3.05, 3.63) is 23.5 Å². The summed E-state index contributed by atoms with van der Waals surface area (Å²) in [5.41, 5.74) is -0.0438. The minimum atomic E-state index is -0.618. The highest BCUT2D eigenvalue weighted by molar-refractivity contribution is 5.76. The van der Waals surface area contributed by atoms with Crippen LogP contribution in [-0.4, -0.2) is 20.5 Å².